The van der Waals surface area contributed by atoms with E-state index in [1.165, 1.54) is 18.0 Å². The number of nitrogens with one attached hydrogen (secondary N) is 1. The van der Waals surface area contributed by atoms with Crippen LogP contribution >= 0.6 is 39.5 Å². The molecule has 0 atom stereocenters. The second kappa shape index (κ2) is 8.46. The van der Waals surface area contributed by atoms with E-state index in [-0.39, 0.29) is 5.82 Å². The minimum atomic E-state index is -0.307. The third-order valence-corrected chi connectivity index (χ3v) is 3.87. The SMILES string of the molecule is CC.Fc1cc(Br)ccc1NSc1ccccc1Cl. The Hall–Kier alpha value is -0.710. The molecule has 0 saturated heterocycles. The molecule has 0 aliphatic carbocycles. The lowest BCUT2D eigenvalue weighted by Gasteiger charge is -2.07. The zero-order chi connectivity index (χ0) is 14.3. The molecule has 0 amide bonds. The lowest BCUT2D eigenvalue weighted by molar-refractivity contribution is 0.632. The highest BCUT2D eigenvalue weighted by Crippen LogP contribution is 2.29. The molecule has 0 saturated carbocycles. The maximum atomic E-state index is 13.5. The molecule has 0 unspecified atom stereocenters. The van der Waals surface area contributed by atoms with E-state index in [1.54, 1.807) is 18.2 Å². The van der Waals surface area contributed by atoms with Crippen LogP contribution < -0.4 is 4.72 Å². The Morgan fingerprint density at radius 1 is 1.16 bits per heavy atom. The Labute approximate surface area is 130 Å². The minimum Gasteiger partial charge on any atom is -0.323 e. The summed E-state index contributed by atoms with van der Waals surface area (Å²) >= 11 is 10.5. The van der Waals surface area contributed by atoms with Crippen molar-refractivity contribution in [1.82, 2.24) is 0 Å². The molecule has 2 aromatic carbocycles. The van der Waals surface area contributed by atoms with E-state index in [0.717, 1.165) is 4.90 Å². The predicted molar refractivity (Wildman–Crippen MR) is 86.4 cm³/mol. The Kier molecular flexibility index (Phi) is 7.28. The summed E-state index contributed by atoms with van der Waals surface area (Å²) in [6, 6.07) is 12.3. The average Bonchev–Trinajstić information content (AvgIpc) is 2.42. The monoisotopic (exact) mass is 361 g/mol. The fourth-order valence-electron chi connectivity index (χ4n) is 1.21. The molecule has 0 spiro atoms. The molecular weight excluding hydrogens is 349 g/mol. The molecule has 2 aromatic rings. The van der Waals surface area contributed by atoms with Gasteiger partial charge in [-0.25, -0.2) is 4.39 Å². The molecule has 0 aromatic heterocycles. The molecular formula is C14H14BrClFNS. The summed E-state index contributed by atoms with van der Waals surface area (Å²) in [6.07, 6.45) is 0. The third kappa shape index (κ3) is 5.05. The van der Waals surface area contributed by atoms with Gasteiger partial charge in [-0.1, -0.05) is 53.5 Å². The second-order valence-corrected chi connectivity index (χ2v) is 5.43. The number of hydrogen-bond acceptors (Lipinski definition) is 2. The van der Waals surface area contributed by atoms with Crippen molar-refractivity contribution in [2.75, 3.05) is 4.72 Å². The van der Waals surface area contributed by atoms with E-state index in [1.807, 2.05) is 32.0 Å². The maximum absolute atomic E-state index is 13.5. The molecule has 0 aliphatic rings. The second-order valence-electron chi connectivity index (χ2n) is 3.26. The Balaban J connectivity index is 0.000000861. The molecule has 0 bridgehead atoms. The van der Waals surface area contributed by atoms with Gasteiger partial charge in [-0.15, -0.1) is 0 Å². The van der Waals surface area contributed by atoms with Gasteiger partial charge >= 0.3 is 0 Å². The molecule has 19 heavy (non-hydrogen) atoms. The van der Waals surface area contributed by atoms with Crippen LogP contribution in [0.5, 0.6) is 0 Å². The first-order valence-corrected chi connectivity index (χ1v) is 7.78. The van der Waals surface area contributed by atoms with Gasteiger partial charge < -0.3 is 4.72 Å². The van der Waals surface area contributed by atoms with Crippen LogP contribution in [0.2, 0.25) is 5.02 Å². The van der Waals surface area contributed by atoms with E-state index < -0.39 is 0 Å². The summed E-state index contributed by atoms with van der Waals surface area (Å²) in [5.41, 5.74) is 0.429. The first kappa shape index (κ1) is 16.3. The van der Waals surface area contributed by atoms with Gasteiger partial charge in [-0.05, 0) is 42.3 Å². The van der Waals surface area contributed by atoms with Crippen LogP contribution in [-0.2, 0) is 0 Å². The van der Waals surface area contributed by atoms with Gasteiger partial charge in [0.05, 0.1) is 10.7 Å². The lowest BCUT2D eigenvalue weighted by Crippen LogP contribution is -1.90. The maximum Gasteiger partial charge on any atom is 0.148 e. The molecule has 0 radical (unpaired) electrons. The van der Waals surface area contributed by atoms with Crippen molar-refractivity contribution in [2.45, 2.75) is 18.7 Å². The molecule has 0 heterocycles. The molecule has 1 N–H and O–H groups in total. The van der Waals surface area contributed by atoms with Gasteiger partial charge in [0, 0.05) is 9.37 Å². The summed E-state index contributed by atoms with van der Waals surface area (Å²) in [7, 11) is 0. The first-order valence-electron chi connectivity index (χ1n) is 5.79. The number of anilines is 1. The van der Waals surface area contributed by atoms with Crippen LogP contribution in [0.3, 0.4) is 0 Å². The van der Waals surface area contributed by atoms with Gasteiger partial charge in [0.15, 0.2) is 0 Å². The summed E-state index contributed by atoms with van der Waals surface area (Å²) in [6.45, 7) is 4.00. The molecule has 1 nitrogen and oxygen atoms in total. The Morgan fingerprint density at radius 3 is 2.47 bits per heavy atom. The topological polar surface area (TPSA) is 12.0 Å². The number of rotatable bonds is 3. The highest BCUT2D eigenvalue weighted by molar-refractivity contribution is 9.10. The summed E-state index contributed by atoms with van der Waals surface area (Å²) in [4.78, 5) is 0.858. The van der Waals surface area contributed by atoms with E-state index in [2.05, 4.69) is 20.7 Å². The van der Waals surface area contributed by atoms with Crippen molar-refractivity contribution in [1.29, 1.82) is 0 Å². The average molecular weight is 363 g/mol. The van der Waals surface area contributed by atoms with Crippen molar-refractivity contribution in [3.05, 3.63) is 57.8 Å². The molecule has 102 valence electrons. The van der Waals surface area contributed by atoms with Gasteiger partial charge in [-0.2, -0.15) is 0 Å². The van der Waals surface area contributed by atoms with E-state index in [0.29, 0.717) is 15.2 Å². The van der Waals surface area contributed by atoms with Crippen molar-refractivity contribution in [2.24, 2.45) is 0 Å². The van der Waals surface area contributed by atoms with Crippen LogP contribution in [0, 0.1) is 5.82 Å². The number of halogens is 3. The van der Waals surface area contributed by atoms with E-state index in [9.17, 15) is 4.39 Å². The highest BCUT2D eigenvalue weighted by Gasteiger charge is 2.04. The van der Waals surface area contributed by atoms with E-state index in [4.69, 9.17) is 11.6 Å². The van der Waals surface area contributed by atoms with Crippen molar-refractivity contribution >= 4 is 45.2 Å². The predicted octanol–water partition coefficient (Wildman–Crippen LogP) is 6.39. The van der Waals surface area contributed by atoms with Crippen molar-refractivity contribution in [3.8, 4) is 0 Å². The highest BCUT2D eigenvalue weighted by atomic mass is 79.9. The smallest absolute Gasteiger partial charge is 0.148 e. The normalized spacial score (nSPS) is 9.53. The fraction of sp³-hybridized carbons (Fsp3) is 0.143. The number of benzene rings is 2. The number of hydrogen-bond donors (Lipinski definition) is 1. The first-order chi connectivity index (χ1) is 9.16. The van der Waals surface area contributed by atoms with E-state index >= 15 is 0 Å². The largest absolute Gasteiger partial charge is 0.323 e. The lowest BCUT2D eigenvalue weighted by atomic mass is 10.3. The van der Waals surface area contributed by atoms with Crippen LogP contribution in [0.1, 0.15) is 13.8 Å². The van der Waals surface area contributed by atoms with Gasteiger partial charge in [-0.3, -0.25) is 0 Å². The van der Waals surface area contributed by atoms with Gasteiger partial charge in [0.1, 0.15) is 5.82 Å². The van der Waals surface area contributed by atoms with Crippen molar-refractivity contribution < 1.29 is 4.39 Å². The zero-order valence-corrected chi connectivity index (χ0v) is 13.7. The van der Waals surface area contributed by atoms with Crippen molar-refractivity contribution in [3.63, 3.8) is 0 Å². The zero-order valence-electron chi connectivity index (χ0n) is 10.6. The molecule has 2 rings (SSSR count). The van der Waals surface area contributed by atoms with Gasteiger partial charge in [0.2, 0.25) is 0 Å². The minimum absolute atomic E-state index is 0.307. The van der Waals surface area contributed by atoms with Crippen LogP contribution in [-0.4, -0.2) is 0 Å². The van der Waals surface area contributed by atoms with Gasteiger partial charge in [0.25, 0.3) is 0 Å². The van der Waals surface area contributed by atoms with Crippen LogP contribution in [0.25, 0.3) is 0 Å². The van der Waals surface area contributed by atoms with Crippen LogP contribution in [0.4, 0.5) is 10.1 Å². The third-order valence-electron chi connectivity index (χ3n) is 2.04. The Morgan fingerprint density at radius 2 is 1.84 bits per heavy atom. The summed E-state index contributed by atoms with van der Waals surface area (Å²) < 4.78 is 17.2. The Bertz CT molecular complexity index is 537. The molecule has 0 fully saturated rings. The fourth-order valence-corrected chi connectivity index (χ4v) is 2.49. The molecule has 0 aliphatic heterocycles. The standard InChI is InChI=1S/C12H8BrClFNS.C2H6/c13-8-5-6-11(10(15)7-8)16-17-12-4-2-1-3-9(12)14;1-2/h1-7,16H;1-2H3. The quantitative estimate of drug-likeness (QED) is 0.635. The molecule has 5 heteroatoms. The van der Waals surface area contributed by atoms with Crippen LogP contribution in [0.15, 0.2) is 51.8 Å². The summed E-state index contributed by atoms with van der Waals surface area (Å²) in [5, 5.41) is 0.641. The summed E-state index contributed by atoms with van der Waals surface area (Å²) in [5.74, 6) is -0.307.